The molecule has 1 aliphatic heterocycles. The van der Waals surface area contributed by atoms with Crippen LogP contribution in [0.3, 0.4) is 0 Å². The number of nitrogens with one attached hydrogen (secondary N) is 2. The fourth-order valence-electron chi connectivity index (χ4n) is 3.86. The van der Waals surface area contributed by atoms with Crippen molar-refractivity contribution in [2.75, 3.05) is 41.8 Å². The van der Waals surface area contributed by atoms with Gasteiger partial charge in [-0.3, -0.25) is 14.6 Å². The number of anilines is 4. The van der Waals surface area contributed by atoms with E-state index in [2.05, 4.69) is 25.6 Å². The molecule has 41 heavy (non-hydrogen) atoms. The Morgan fingerprint density at radius 3 is 2.51 bits per heavy atom. The molecule has 4 aromatic rings. The van der Waals surface area contributed by atoms with Crippen molar-refractivity contribution in [3.05, 3.63) is 89.6 Å². The summed E-state index contributed by atoms with van der Waals surface area (Å²) in [7, 11) is 0. The Morgan fingerprint density at radius 1 is 0.976 bits per heavy atom. The number of benzene rings is 2. The molecule has 5 rings (SSSR count). The summed E-state index contributed by atoms with van der Waals surface area (Å²) in [6.45, 7) is 1.95. The van der Waals surface area contributed by atoms with Crippen LogP contribution in [0.15, 0.2) is 60.9 Å². The van der Waals surface area contributed by atoms with Gasteiger partial charge in [-0.15, -0.1) is 0 Å². The summed E-state index contributed by atoms with van der Waals surface area (Å²) < 4.78 is 53.4. The smallest absolute Gasteiger partial charge is 0.267 e. The lowest BCUT2D eigenvalue weighted by Gasteiger charge is -2.27. The molecule has 1 aliphatic rings. The first-order valence-corrected chi connectivity index (χ1v) is 12.2. The summed E-state index contributed by atoms with van der Waals surface area (Å²) in [4.78, 5) is 38.9. The van der Waals surface area contributed by atoms with Gasteiger partial charge in [-0.05, 0) is 30.3 Å². The largest absolute Gasteiger partial charge is 0.454 e. The molecule has 4 N–H and O–H groups in total. The predicted octanol–water partition coefficient (Wildman–Crippen LogP) is 4.01. The molecule has 14 heteroatoms. The van der Waals surface area contributed by atoms with E-state index < -0.39 is 29.3 Å². The van der Waals surface area contributed by atoms with Crippen LogP contribution < -0.4 is 26.0 Å². The van der Waals surface area contributed by atoms with Crippen LogP contribution in [0.4, 0.5) is 36.3 Å². The molecule has 0 aliphatic carbocycles. The normalized spacial score (nSPS) is 13.0. The zero-order valence-corrected chi connectivity index (χ0v) is 21.2. The number of morpholine rings is 1. The number of amides is 2. The number of rotatable bonds is 8. The molecule has 0 radical (unpaired) electrons. The average Bonchev–Trinajstić information content (AvgIpc) is 2.96. The number of hydrogen-bond donors (Lipinski definition) is 3. The molecule has 3 heterocycles. The van der Waals surface area contributed by atoms with Crippen molar-refractivity contribution in [1.82, 2.24) is 15.0 Å². The van der Waals surface area contributed by atoms with E-state index in [0.717, 1.165) is 18.2 Å². The van der Waals surface area contributed by atoms with Gasteiger partial charge < -0.3 is 30.7 Å². The van der Waals surface area contributed by atoms with Crippen LogP contribution in [0.25, 0.3) is 0 Å². The lowest BCUT2D eigenvalue weighted by atomic mass is 10.2. The SMILES string of the molecule is NC(=O)c1cc(Oc2ccc(Nc3nc(N4CCOCC4)ncc3C(=O)Nc3ccc(F)cc3F)cc2F)ccn1. The summed E-state index contributed by atoms with van der Waals surface area (Å²) in [5, 5.41) is 5.28. The number of nitrogens with two attached hydrogens (primary N) is 1. The second kappa shape index (κ2) is 11.9. The van der Waals surface area contributed by atoms with Gasteiger partial charge >= 0.3 is 0 Å². The van der Waals surface area contributed by atoms with E-state index in [9.17, 15) is 18.4 Å². The van der Waals surface area contributed by atoms with E-state index in [-0.39, 0.29) is 39.9 Å². The summed E-state index contributed by atoms with van der Waals surface area (Å²) in [5.41, 5.74) is 5.05. The third-order valence-corrected chi connectivity index (χ3v) is 5.90. The highest BCUT2D eigenvalue weighted by Gasteiger charge is 2.21. The Morgan fingerprint density at radius 2 is 1.78 bits per heavy atom. The number of primary amides is 1. The number of carbonyl (C=O) groups is 2. The highest BCUT2D eigenvalue weighted by Crippen LogP contribution is 2.29. The van der Waals surface area contributed by atoms with Crippen molar-refractivity contribution < 1.29 is 32.2 Å². The Labute approximate surface area is 231 Å². The van der Waals surface area contributed by atoms with Gasteiger partial charge in [0.1, 0.15) is 34.5 Å². The average molecular weight is 566 g/mol. The first-order chi connectivity index (χ1) is 19.8. The standard InChI is InChI=1S/C27H22F3N7O4/c28-15-1-3-21(19(29)11-15)35-26(39)18-14-33-27(37-7-9-40-10-8-37)36-25(18)34-16-2-4-23(20(30)12-16)41-17-5-6-32-22(13-17)24(31)38/h1-6,11-14H,7-10H2,(H2,31,38)(H,35,39)(H,33,34,36). The minimum absolute atomic E-state index is 0.00909. The second-order valence-corrected chi connectivity index (χ2v) is 8.72. The molecule has 0 atom stereocenters. The van der Waals surface area contributed by atoms with Crippen LogP contribution in [0.1, 0.15) is 20.8 Å². The molecule has 0 unspecified atom stereocenters. The minimum Gasteiger partial charge on any atom is -0.454 e. The number of nitrogens with zero attached hydrogens (tertiary/aromatic N) is 4. The summed E-state index contributed by atoms with van der Waals surface area (Å²) in [6, 6.07) is 9.36. The Bertz CT molecular complexity index is 1620. The summed E-state index contributed by atoms with van der Waals surface area (Å²) in [6.07, 6.45) is 2.55. The van der Waals surface area contributed by atoms with Gasteiger partial charge in [0.15, 0.2) is 11.6 Å². The molecule has 0 bridgehead atoms. The van der Waals surface area contributed by atoms with E-state index >= 15 is 4.39 Å². The quantitative estimate of drug-likeness (QED) is 0.289. The fourth-order valence-corrected chi connectivity index (χ4v) is 3.86. The monoisotopic (exact) mass is 565 g/mol. The first kappa shape index (κ1) is 27.3. The molecule has 0 saturated carbocycles. The number of halogens is 3. The van der Waals surface area contributed by atoms with E-state index in [1.165, 1.54) is 36.7 Å². The molecule has 210 valence electrons. The lowest BCUT2D eigenvalue weighted by Crippen LogP contribution is -2.37. The zero-order valence-electron chi connectivity index (χ0n) is 21.2. The molecule has 1 saturated heterocycles. The third kappa shape index (κ3) is 6.50. The molecule has 11 nitrogen and oxygen atoms in total. The van der Waals surface area contributed by atoms with Crippen LogP contribution in [-0.2, 0) is 4.74 Å². The van der Waals surface area contributed by atoms with Crippen molar-refractivity contribution in [2.45, 2.75) is 0 Å². The molecule has 0 spiro atoms. The number of ether oxygens (including phenoxy) is 2. The van der Waals surface area contributed by atoms with E-state index in [1.807, 2.05) is 4.90 Å². The van der Waals surface area contributed by atoms with Crippen LogP contribution in [0.2, 0.25) is 0 Å². The second-order valence-electron chi connectivity index (χ2n) is 8.72. The van der Waals surface area contributed by atoms with Crippen LogP contribution in [0.5, 0.6) is 11.5 Å². The van der Waals surface area contributed by atoms with Crippen molar-refractivity contribution in [3.8, 4) is 11.5 Å². The van der Waals surface area contributed by atoms with Gasteiger partial charge in [0.25, 0.3) is 11.8 Å². The van der Waals surface area contributed by atoms with E-state index in [0.29, 0.717) is 38.3 Å². The summed E-state index contributed by atoms with van der Waals surface area (Å²) in [5.74, 6) is -3.78. The van der Waals surface area contributed by atoms with Crippen LogP contribution >= 0.6 is 0 Å². The maximum absolute atomic E-state index is 15.0. The fraction of sp³-hybridized carbons (Fsp3) is 0.148. The van der Waals surface area contributed by atoms with Gasteiger partial charge in [0, 0.05) is 49.4 Å². The van der Waals surface area contributed by atoms with Crippen molar-refractivity contribution in [3.63, 3.8) is 0 Å². The van der Waals surface area contributed by atoms with Gasteiger partial charge in [0.05, 0.1) is 18.9 Å². The van der Waals surface area contributed by atoms with Crippen molar-refractivity contribution >= 4 is 35.0 Å². The van der Waals surface area contributed by atoms with Crippen molar-refractivity contribution in [1.29, 1.82) is 0 Å². The molecule has 2 aromatic carbocycles. The number of aromatic nitrogens is 3. The third-order valence-electron chi connectivity index (χ3n) is 5.90. The van der Waals surface area contributed by atoms with E-state index in [4.69, 9.17) is 15.2 Å². The highest BCUT2D eigenvalue weighted by atomic mass is 19.1. The Hall–Kier alpha value is -5.24. The molecular formula is C27H22F3N7O4. The number of hydrogen-bond acceptors (Lipinski definition) is 9. The predicted molar refractivity (Wildman–Crippen MR) is 142 cm³/mol. The van der Waals surface area contributed by atoms with E-state index in [1.54, 1.807) is 0 Å². The Balaban J connectivity index is 1.42. The number of carbonyl (C=O) groups excluding carboxylic acids is 2. The maximum Gasteiger partial charge on any atom is 0.267 e. The summed E-state index contributed by atoms with van der Waals surface area (Å²) >= 11 is 0. The number of pyridine rings is 1. The first-order valence-electron chi connectivity index (χ1n) is 12.2. The maximum atomic E-state index is 15.0. The molecular weight excluding hydrogens is 543 g/mol. The molecule has 2 amide bonds. The molecule has 1 fully saturated rings. The minimum atomic E-state index is -0.964. The van der Waals surface area contributed by atoms with Gasteiger partial charge in [-0.25, -0.2) is 18.2 Å². The Kier molecular flexibility index (Phi) is 7.92. The van der Waals surface area contributed by atoms with Crippen molar-refractivity contribution in [2.24, 2.45) is 5.73 Å². The van der Waals surface area contributed by atoms with Gasteiger partial charge in [-0.1, -0.05) is 0 Å². The van der Waals surface area contributed by atoms with Gasteiger partial charge in [-0.2, -0.15) is 4.98 Å². The van der Waals surface area contributed by atoms with Gasteiger partial charge in [0.2, 0.25) is 5.95 Å². The highest BCUT2D eigenvalue weighted by molar-refractivity contribution is 6.07. The zero-order chi connectivity index (χ0) is 28.9. The topological polar surface area (TPSA) is 145 Å². The molecule has 2 aromatic heterocycles. The van der Waals surface area contributed by atoms with Crippen LogP contribution in [-0.4, -0.2) is 53.1 Å². The van der Waals surface area contributed by atoms with Crippen LogP contribution in [0, 0.1) is 17.5 Å². The lowest BCUT2D eigenvalue weighted by molar-refractivity contribution is 0.0993.